The molecule has 2 atom stereocenters. The zero-order chi connectivity index (χ0) is 20.4. The fraction of sp³-hybridized carbons (Fsp3) is 0.318. The number of nitrogens with one attached hydrogen (secondary N) is 1. The van der Waals surface area contributed by atoms with Gasteiger partial charge in [-0.3, -0.25) is 9.69 Å². The molecule has 1 heterocycles. The number of nitrogens with zero attached hydrogens (tertiary/aromatic N) is 2. The summed E-state index contributed by atoms with van der Waals surface area (Å²) in [4.78, 5) is 26.6. The number of aliphatic hydroxyl groups excluding tert-OH is 1. The van der Waals surface area contributed by atoms with E-state index in [4.69, 9.17) is 10.00 Å². The van der Waals surface area contributed by atoms with Gasteiger partial charge in [0.15, 0.2) is 0 Å². The first-order valence-corrected chi connectivity index (χ1v) is 9.53. The summed E-state index contributed by atoms with van der Waals surface area (Å²) in [7, 11) is 0. The molecular formula is C22H21N3O4. The number of carbonyl (C=O) groups is 2. The average molecular weight is 391 g/mol. The van der Waals surface area contributed by atoms with Crippen molar-refractivity contribution in [3.05, 3.63) is 65.2 Å². The molecule has 3 amide bonds. The molecule has 1 saturated heterocycles. The Balaban J connectivity index is 1.39. The van der Waals surface area contributed by atoms with E-state index in [-0.39, 0.29) is 19.1 Å². The lowest BCUT2D eigenvalue weighted by atomic mass is 9.92. The lowest BCUT2D eigenvalue weighted by molar-refractivity contribution is -0.132. The summed E-state index contributed by atoms with van der Waals surface area (Å²) in [6.45, 7) is -0.195. The highest BCUT2D eigenvalue weighted by atomic mass is 16.5. The minimum Gasteiger partial charge on any atom is -0.491 e. The molecule has 2 N–H and O–H groups in total. The fourth-order valence-corrected chi connectivity index (χ4v) is 4.01. The molecule has 0 radical (unpaired) electrons. The molecule has 29 heavy (non-hydrogen) atoms. The van der Waals surface area contributed by atoms with Gasteiger partial charge in [0.2, 0.25) is 0 Å². The summed E-state index contributed by atoms with van der Waals surface area (Å²) >= 11 is 0. The predicted octanol–water partition coefficient (Wildman–Crippen LogP) is 1.89. The molecule has 4 rings (SSSR count). The number of ether oxygens (including phenoxy) is 1. The third-order valence-corrected chi connectivity index (χ3v) is 5.46. The van der Waals surface area contributed by atoms with Gasteiger partial charge >= 0.3 is 6.03 Å². The number of imide groups is 1. The first-order chi connectivity index (χ1) is 14.0. The second kappa shape index (κ2) is 7.57. The topological polar surface area (TPSA) is 103 Å². The minimum atomic E-state index is -1.02. The number of nitriles is 1. The van der Waals surface area contributed by atoms with Crippen LogP contribution in [0, 0.1) is 11.3 Å². The van der Waals surface area contributed by atoms with Crippen LogP contribution in [0.4, 0.5) is 4.79 Å². The first kappa shape index (κ1) is 19.0. The number of amides is 3. The Kier molecular flexibility index (Phi) is 4.95. The molecule has 2 aliphatic rings. The van der Waals surface area contributed by atoms with Gasteiger partial charge in [-0.25, -0.2) is 4.79 Å². The van der Waals surface area contributed by atoms with E-state index >= 15 is 0 Å². The van der Waals surface area contributed by atoms with Gasteiger partial charge in [0.1, 0.15) is 24.0 Å². The molecule has 0 unspecified atom stereocenters. The van der Waals surface area contributed by atoms with Gasteiger partial charge in [-0.15, -0.1) is 0 Å². The van der Waals surface area contributed by atoms with E-state index in [2.05, 4.69) is 11.4 Å². The molecule has 7 nitrogen and oxygen atoms in total. The van der Waals surface area contributed by atoms with E-state index < -0.39 is 17.7 Å². The number of aliphatic hydroxyl groups is 1. The van der Waals surface area contributed by atoms with Crippen molar-refractivity contribution in [2.45, 2.75) is 30.9 Å². The van der Waals surface area contributed by atoms with E-state index in [1.54, 1.807) is 24.3 Å². The molecule has 0 saturated carbocycles. The maximum Gasteiger partial charge on any atom is 0.325 e. The van der Waals surface area contributed by atoms with E-state index in [0.29, 0.717) is 18.6 Å². The van der Waals surface area contributed by atoms with Gasteiger partial charge in [0.05, 0.1) is 19.0 Å². The highest BCUT2D eigenvalue weighted by molar-refractivity contribution is 6.08. The van der Waals surface area contributed by atoms with Crippen molar-refractivity contribution >= 4 is 11.9 Å². The molecular weight excluding hydrogens is 370 g/mol. The summed E-state index contributed by atoms with van der Waals surface area (Å²) in [6, 6.07) is 16.2. The Hall–Kier alpha value is -3.37. The Morgan fingerprint density at radius 3 is 2.72 bits per heavy atom. The fourth-order valence-electron chi connectivity index (χ4n) is 4.01. The molecule has 2 aromatic carbocycles. The number of β-amino-alcohol motifs (C(OH)–C–C–N with tert-alkyl or cyclic N) is 1. The maximum atomic E-state index is 13.1. The van der Waals surface area contributed by atoms with Crippen molar-refractivity contribution in [2.75, 3.05) is 13.2 Å². The summed E-state index contributed by atoms with van der Waals surface area (Å²) in [6.07, 6.45) is 0.550. The van der Waals surface area contributed by atoms with Gasteiger partial charge in [0, 0.05) is 0 Å². The van der Waals surface area contributed by atoms with Crippen molar-refractivity contribution in [3.63, 3.8) is 0 Å². The Labute approximate surface area is 168 Å². The summed E-state index contributed by atoms with van der Waals surface area (Å²) in [5.41, 5.74) is 1.75. The second-order valence-corrected chi connectivity index (χ2v) is 7.35. The smallest absolute Gasteiger partial charge is 0.325 e. The second-order valence-electron chi connectivity index (χ2n) is 7.35. The number of hydrogen-bond acceptors (Lipinski definition) is 5. The van der Waals surface area contributed by atoms with Crippen LogP contribution < -0.4 is 10.1 Å². The summed E-state index contributed by atoms with van der Waals surface area (Å²) in [5, 5.41) is 21.9. The van der Waals surface area contributed by atoms with Crippen LogP contribution >= 0.6 is 0 Å². The van der Waals surface area contributed by atoms with Gasteiger partial charge in [-0.1, -0.05) is 36.4 Å². The Bertz CT molecular complexity index is 982. The van der Waals surface area contributed by atoms with Gasteiger partial charge < -0.3 is 15.2 Å². The van der Waals surface area contributed by atoms with Crippen molar-refractivity contribution in [1.29, 1.82) is 5.26 Å². The highest BCUT2D eigenvalue weighted by Crippen LogP contribution is 2.41. The molecule has 2 aromatic rings. The molecule has 1 fully saturated rings. The van der Waals surface area contributed by atoms with Crippen LogP contribution in [0.3, 0.4) is 0 Å². The predicted molar refractivity (Wildman–Crippen MR) is 104 cm³/mol. The van der Waals surface area contributed by atoms with Crippen molar-refractivity contribution in [3.8, 4) is 11.8 Å². The van der Waals surface area contributed by atoms with Crippen molar-refractivity contribution in [2.24, 2.45) is 0 Å². The van der Waals surface area contributed by atoms with Crippen LogP contribution in [-0.4, -0.2) is 41.2 Å². The van der Waals surface area contributed by atoms with Crippen LogP contribution in [0.5, 0.6) is 5.75 Å². The zero-order valence-electron chi connectivity index (χ0n) is 15.8. The van der Waals surface area contributed by atoms with Crippen molar-refractivity contribution < 1.29 is 19.4 Å². The first-order valence-electron chi connectivity index (χ1n) is 9.53. The third kappa shape index (κ3) is 3.43. The number of aryl methyl sites for hydroxylation is 1. The monoisotopic (exact) mass is 391 g/mol. The van der Waals surface area contributed by atoms with Crippen molar-refractivity contribution in [1.82, 2.24) is 10.2 Å². The number of hydrogen-bond donors (Lipinski definition) is 2. The largest absolute Gasteiger partial charge is 0.491 e. The standard InChI is InChI=1S/C22H21N3O4/c23-12-10-15-5-7-18(8-6-15)29-14-17(26)13-25-20(27)22(24-21(25)28)11-9-16-3-1-2-4-19(16)22/h1-8,17,26H,9-11,13-14H2,(H,24,28)/t17-,22+/m0/s1. The zero-order valence-corrected chi connectivity index (χ0v) is 15.8. The molecule has 0 bridgehead atoms. The lowest BCUT2D eigenvalue weighted by Gasteiger charge is -2.23. The number of carbonyl (C=O) groups excluding carboxylic acids is 2. The maximum absolute atomic E-state index is 13.1. The van der Waals surface area contributed by atoms with Gasteiger partial charge in [-0.05, 0) is 41.7 Å². The van der Waals surface area contributed by atoms with E-state index in [0.717, 1.165) is 28.0 Å². The van der Waals surface area contributed by atoms with Gasteiger partial charge in [0.25, 0.3) is 5.91 Å². The summed E-state index contributed by atoms with van der Waals surface area (Å²) < 4.78 is 5.55. The number of fused-ring (bicyclic) bond motifs is 2. The lowest BCUT2D eigenvalue weighted by Crippen LogP contribution is -2.43. The number of urea groups is 1. The molecule has 1 aliphatic carbocycles. The molecule has 7 heteroatoms. The van der Waals surface area contributed by atoms with E-state index in [1.165, 1.54) is 0 Å². The average Bonchev–Trinajstić information content (AvgIpc) is 3.21. The van der Waals surface area contributed by atoms with Gasteiger partial charge in [-0.2, -0.15) is 5.26 Å². The van der Waals surface area contributed by atoms with Crippen LogP contribution in [0.15, 0.2) is 48.5 Å². The summed E-state index contributed by atoms with van der Waals surface area (Å²) in [5.74, 6) is 0.219. The van der Waals surface area contributed by atoms with E-state index in [1.807, 2.05) is 24.3 Å². The normalized spacial score (nSPS) is 21.0. The minimum absolute atomic E-state index is 0.0573. The van der Waals surface area contributed by atoms with Crippen LogP contribution in [0.2, 0.25) is 0 Å². The Morgan fingerprint density at radius 2 is 1.97 bits per heavy atom. The van der Waals surface area contributed by atoms with E-state index in [9.17, 15) is 14.7 Å². The highest BCUT2D eigenvalue weighted by Gasteiger charge is 2.55. The van der Waals surface area contributed by atoms with Crippen LogP contribution in [0.25, 0.3) is 0 Å². The molecule has 0 aromatic heterocycles. The SMILES string of the molecule is N#CCc1ccc(OC[C@@H](O)CN2C(=O)N[C@@]3(CCc4ccccc43)C2=O)cc1. The van der Waals surface area contributed by atoms with Crippen LogP contribution in [-0.2, 0) is 23.2 Å². The number of benzene rings is 2. The Morgan fingerprint density at radius 1 is 1.21 bits per heavy atom. The molecule has 148 valence electrons. The van der Waals surface area contributed by atoms with Crippen LogP contribution in [0.1, 0.15) is 23.1 Å². The number of rotatable bonds is 6. The third-order valence-electron chi connectivity index (χ3n) is 5.46. The quantitative estimate of drug-likeness (QED) is 0.732. The molecule has 1 aliphatic heterocycles. The molecule has 1 spiro atoms.